The van der Waals surface area contributed by atoms with Crippen molar-refractivity contribution in [2.24, 2.45) is 17.3 Å². The van der Waals surface area contributed by atoms with Crippen molar-refractivity contribution >= 4 is 5.97 Å². The maximum atomic E-state index is 11.5. The molecule has 1 saturated heterocycles. The molecule has 3 aliphatic rings. The summed E-state index contributed by atoms with van der Waals surface area (Å²) in [6, 6.07) is 0. The number of aliphatic carboxylic acids is 1. The van der Waals surface area contributed by atoms with Gasteiger partial charge in [0.15, 0.2) is 0 Å². The number of hydrogen-bond acceptors (Lipinski definition) is 2. The monoisotopic (exact) mass is 250 g/mol. The topological polar surface area (TPSA) is 49.8 Å². The lowest BCUT2D eigenvalue weighted by atomic mass is 9.51. The van der Waals surface area contributed by atoms with Crippen molar-refractivity contribution in [2.75, 3.05) is 0 Å². The van der Waals surface area contributed by atoms with Crippen molar-refractivity contribution < 1.29 is 14.6 Å². The summed E-state index contributed by atoms with van der Waals surface area (Å²) in [6.45, 7) is 8.25. The Balaban J connectivity index is 1.81. The van der Waals surface area contributed by atoms with E-state index in [0.29, 0.717) is 12.0 Å². The largest absolute Gasteiger partial charge is 0.481 e. The third-order valence-electron chi connectivity index (χ3n) is 5.68. The van der Waals surface area contributed by atoms with Gasteiger partial charge in [0.05, 0.1) is 17.1 Å². The predicted octanol–water partition coefficient (Wildman–Crippen LogP) is 3.00. The minimum Gasteiger partial charge on any atom is -0.481 e. The maximum absolute atomic E-state index is 11.5. The molecular formula is C15H22O3. The Labute approximate surface area is 108 Å². The molecule has 0 amide bonds. The highest BCUT2D eigenvalue weighted by molar-refractivity contribution is 5.76. The van der Waals surface area contributed by atoms with Crippen LogP contribution in [0, 0.1) is 17.3 Å². The molecule has 2 saturated carbocycles. The summed E-state index contributed by atoms with van der Waals surface area (Å²) in [4.78, 5) is 11.5. The van der Waals surface area contributed by atoms with Gasteiger partial charge in [0.2, 0.25) is 0 Å². The van der Waals surface area contributed by atoms with Crippen LogP contribution >= 0.6 is 0 Å². The van der Waals surface area contributed by atoms with Gasteiger partial charge in [-0.05, 0) is 57.8 Å². The smallest absolute Gasteiger partial charge is 0.309 e. The van der Waals surface area contributed by atoms with Crippen LogP contribution in [0.4, 0.5) is 0 Å². The fourth-order valence-corrected chi connectivity index (χ4v) is 4.05. The number of carbonyl (C=O) groups is 1. The fourth-order valence-electron chi connectivity index (χ4n) is 4.05. The molecule has 3 heteroatoms. The van der Waals surface area contributed by atoms with Gasteiger partial charge in [0.1, 0.15) is 0 Å². The second-order valence-electron chi connectivity index (χ2n) is 6.79. The van der Waals surface area contributed by atoms with E-state index >= 15 is 0 Å². The van der Waals surface area contributed by atoms with Crippen molar-refractivity contribution in [1.82, 2.24) is 0 Å². The molecule has 2 aliphatic carbocycles. The van der Waals surface area contributed by atoms with Crippen molar-refractivity contribution in [3.05, 3.63) is 12.2 Å². The zero-order valence-corrected chi connectivity index (χ0v) is 11.2. The quantitative estimate of drug-likeness (QED) is 0.575. The third-order valence-corrected chi connectivity index (χ3v) is 5.68. The lowest BCUT2D eigenvalue weighted by Gasteiger charge is -2.51. The Morgan fingerprint density at radius 2 is 2.17 bits per heavy atom. The van der Waals surface area contributed by atoms with Crippen LogP contribution in [-0.2, 0) is 9.53 Å². The summed E-state index contributed by atoms with van der Waals surface area (Å²) in [6.07, 6.45) is 5.16. The number of hydrogen-bond donors (Lipinski definition) is 1. The van der Waals surface area contributed by atoms with Crippen LogP contribution < -0.4 is 0 Å². The molecule has 5 atom stereocenters. The van der Waals surface area contributed by atoms with E-state index in [0.717, 1.165) is 32.1 Å². The highest BCUT2D eigenvalue weighted by atomic mass is 16.6. The van der Waals surface area contributed by atoms with Crippen LogP contribution in [-0.4, -0.2) is 22.8 Å². The number of allylic oxidation sites excluding steroid dienone is 1. The molecule has 1 heterocycles. The molecular weight excluding hydrogens is 228 g/mol. The predicted molar refractivity (Wildman–Crippen MR) is 68.2 cm³/mol. The van der Waals surface area contributed by atoms with E-state index in [-0.39, 0.29) is 11.5 Å². The van der Waals surface area contributed by atoms with Gasteiger partial charge in [-0.25, -0.2) is 0 Å². The molecule has 100 valence electrons. The van der Waals surface area contributed by atoms with Crippen molar-refractivity contribution in [1.29, 1.82) is 0 Å². The average molecular weight is 250 g/mol. The Morgan fingerprint density at radius 3 is 2.83 bits per heavy atom. The Morgan fingerprint density at radius 1 is 1.44 bits per heavy atom. The third kappa shape index (κ3) is 1.56. The molecule has 3 fully saturated rings. The molecule has 3 rings (SSSR count). The Hall–Kier alpha value is -0.830. The lowest BCUT2D eigenvalue weighted by Crippen LogP contribution is -2.51. The van der Waals surface area contributed by atoms with E-state index < -0.39 is 11.4 Å². The number of carboxylic acid groups (broad SMARTS) is 1. The summed E-state index contributed by atoms with van der Waals surface area (Å²) in [5.41, 5.74) is 0.724. The van der Waals surface area contributed by atoms with Gasteiger partial charge in [-0.2, -0.15) is 0 Å². The molecule has 0 unspecified atom stereocenters. The molecule has 3 nitrogen and oxygen atoms in total. The molecule has 0 bridgehead atoms. The second kappa shape index (κ2) is 3.60. The normalized spacial score (nSPS) is 51.0. The molecule has 1 aliphatic heterocycles. The molecule has 0 aromatic rings. The molecule has 0 radical (unpaired) electrons. The summed E-state index contributed by atoms with van der Waals surface area (Å²) in [5.74, 6) is 0.0312. The standard InChI is InChI=1S/C15H22O3/c1-9-4-5-12-15(3,18-12)7-6-11-10(9)8-14(11,2)13(16)17/h10-12H,1,4-8H2,2-3H3,(H,16,17)/t10-,11-,12-,14-,15+/m1/s1. The first-order valence-corrected chi connectivity index (χ1v) is 6.96. The van der Waals surface area contributed by atoms with Crippen LogP contribution in [0.25, 0.3) is 0 Å². The van der Waals surface area contributed by atoms with Crippen LogP contribution in [0.2, 0.25) is 0 Å². The van der Waals surface area contributed by atoms with Crippen LogP contribution in [0.15, 0.2) is 12.2 Å². The highest BCUT2D eigenvalue weighted by Crippen LogP contribution is 2.59. The van der Waals surface area contributed by atoms with Gasteiger partial charge in [0, 0.05) is 0 Å². The van der Waals surface area contributed by atoms with Crippen LogP contribution in [0.1, 0.15) is 46.0 Å². The molecule has 18 heavy (non-hydrogen) atoms. The lowest BCUT2D eigenvalue weighted by molar-refractivity contribution is -0.164. The van der Waals surface area contributed by atoms with E-state index in [1.165, 1.54) is 5.57 Å². The van der Waals surface area contributed by atoms with E-state index in [4.69, 9.17) is 4.74 Å². The molecule has 0 spiro atoms. The minimum absolute atomic E-state index is 0.0180. The Bertz CT molecular complexity index is 416. The number of rotatable bonds is 1. The van der Waals surface area contributed by atoms with E-state index in [2.05, 4.69) is 13.5 Å². The summed E-state index contributed by atoms with van der Waals surface area (Å²) >= 11 is 0. The minimum atomic E-state index is -0.644. The van der Waals surface area contributed by atoms with E-state index in [9.17, 15) is 9.90 Å². The van der Waals surface area contributed by atoms with Gasteiger partial charge < -0.3 is 9.84 Å². The van der Waals surface area contributed by atoms with E-state index in [1.54, 1.807) is 0 Å². The average Bonchev–Trinajstić information content (AvgIpc) is 2.92. The fraction of sp³-hybridized carbons (Fsp3) is 0.800. The number of epoxide rings is 1. The maximum Gasteiger partial charge on any atom is 0.309 e. The van der Waals surface area contributed by atoms with Crippen molar-refractivity contribution in [3.63, 3.8) is 0 Å². The van der Waals surface area contributed by atoms with Gasteiger partial charge in [0.25, 0.3) is 0 Å². The first-order valence-electron chi connectivity index (χ1n) is 6.96. The summed E-state index contributed by atoms with van der Waals surface area (Å²) in [5, 5.41) is 9.43. The SMILES string of the molecule is C=C1CC[C@H]2O[C@@]2(C)CC[C@@H]2[C@@H]1C[C@@]2(C)C(=O)O. The zero-order valence-electron chi connectivity index (χ0n) is 11.2. The molecule has 0 aromatic heterocycles. The van der Waals surface area contributed by atoms with Gasteiger partial charge in [-0.15, -0.1) is 0 Å². The van der Waals surface area contributed by atoms with Crippen LogP contribution in [0.3, 0.4) is 0 Å². The summed E-state index contributed by atoms with van der Waals surface area (Å²) < 4.78 is 5.78. The van der Waals surface area contributed by atoms with Gasteiger partial charge in [-0.1, -0.05) is 12.2 Å². The molecule has 1 N–H and O–H groups in total. The molecule has 0 aromatic carbocycles. The van der Waals surface area contributed by atoms with Crippen LogP contribution in [0.5, 0.6) is 0 Å². The van der Waals surface area contributed by atoms with Crippen molar-refractivity contribution in [2.45, 2.75) is 57.7 Å². The number of carboxylic acids is 1. The van der Waals surface area contributed by atoms with Crippen molar-refractivity contribution in [3.8, 4) is 0 Å². The Kier molecular flexibility index (Phi) is 2.44. The number of ether oxygens (including phenoxy) is 1. The van der Waals surface area contributed by atoms with Gasteiger partial charge in [-0.3, -0.25) is 4.79 Å². The van der Waals surface area contributed by atoms with Gasteiger partial charge >= 0.3 is 5.97 Å². The first kappa shape index (κ1) is 12.2. The second-order valence-corrected chi connectivity index (χ2v) is 6.79. The number of fused-ring (bicyclic) bond motifs is 2. The zero-order chi connectivity index (χ0) is 13.1. The van der Waals surface area contributed by atoms with E-state index in [1.807, 2.05) is 6.92 Å². The summed E-state index contributed by atoms with van der Waals surface area (Å²) in [7, 11) is 0. The first-order chi connectivity index (χ1) is 8.37. The highest BCUT2D eigenvalue weighted by Gasteiger charge is 2.59.